The SMILES string of the molecule is CC(c1ccccc1)N1CCC(NC(=O)c2ccc(S(=O)(=O)C(F)(F)F)cc2)C1. The van der Waals surface area contributed by atoms with Crippen LogP contribution >= 0.6 is 0 Å². The van der Waals surface area contributed by atoms with Gasteiger partial charge in [0.05, 0.1) is 4.90 Å². The van der Waals surface area contributed by atoms with E-state index in [9.17, 15) is 26.4 Å². The molecule has 1 N–H and O–H groups in total. The lowest BCUT2D eigenvalue weighted by Gasteiger charge is -2.24. The average Bonchev–Trinajstić information content (AvgIpc) is 3.15. The monoisotopic (exact) mass is 426 g/mol. The molecule has 2 aromatic carbocycles. The van der Waals surface area contributed by atoms with E-state index in [2.05, 4.69) is 17.1 Å². The van der Waals surface area contributed by atoms with Crippen LogP contribution in [0.3, 0.4) is 0 Å². The summed E-state index contributed by atoms with van der Waals surface area (Å²) in [5, 5.41) is 2.87. The van der Waals surface area contributed by atoms with Gasteiger partial charge in [-0.3, -0.25) is 9.69 Å². The standard InChI is InChI=1S/C20H21F3N2O3S/c1-14(15-5-3-2-4-6-15)25-12-11-17(13-25)24-19(26)16-7-9-18(10-8-16)29(27,28)20(21,22)23/h2-10,14,17H,11-13H2,1H3,(H,24,26). The van der Waals surface area contributed by atoms with Gasteiger partial charge in [0.2, 0.25) is 0 Å². The second-order valence-corrected chi connectivity index (χ2v) is 8.96. The van der Waals surface area contributed by atoms with E-state index < -0.39 is 26.1 Å². The lowest BCUT2D eigenvalue weighted by atomic mass is 10.1. The summed E-state index contributed by atoms with van der Waals surface area (Å²) in [6.07, 6.45) is 0.753. The number of sulfone groups is 1. The van der Waals surface area contributed by atoms with Gasteiger partial charge in [-0.1, -0.05) is 30.3 Å². The first-order chi connectivity index (χ1) is 13.6. The van der Waals surface area contributed by atoms with Crippen molar-refractivity contribution in [2.45, 2.75) is 35.8 Å². The van der Waals surface area contributed by atoms with Crippen LogP contribution in [0.2, 0.25) is 0 Å². The maximum atomic E-state index is 12.6. The van der Waals surface area contributed by atoms with Gasteiger partial charge in [-0.05, 0) is 43.2 Å². The van der Waals surface area contributed by atoms with Gasteiger partial charge in [0.15, 0.2) is 0 Å². The van der Waals surface area contributed by atoms with Gasteiger partial charge in [-0.2, -0.15) is 13.2 Å². The van der Waals surface area contributed by atoms with Crippen molar-refractivity contribution >= 4 is 15.7 Å². The van der Waals surface area contributed by atoms with Gasteiger partial charge in [0.1, 0.15) is 0 Å². The second-order valence-electron chi connectivity index (χ2n) is 7.01. The second kappa shape index (κ2) is 8.16. The summed E-state index contributed by atoms with van der Waals surface area (Å²) < 4.78 is 60.6. The maximum Gasteiger partial charge on any atom is 0.501 e. The predicted octanol–water partition coefficient (Wildman–Crippen LogP) is 3.55. The third-order valence-electron chi connectivity index (χ3n) is 5.12. The Morgan fingerprint density at radius 2 is 1.72 bits per heavy atom. The Bertz CT molecular complexity index is 961. The number of carbonyl (C=O) groups is 1. The van der Waals surface area contributed by atoms with Crippen LogP contribution in [0.4, 0.5) is 13.2 Å². The number of alkyl halides is 3. The van der Waals surface area contributed by atoms with Gasteiger partial charge in [0.25, 0.3) is 15.7 Å². The molecule has 29 heavy (non-hydrogen) atoms. The summed E-state index contributed by atoms with van der Waals surface area (Å²) in [6.45, 7) is 3.56. The summed E-state index contributed by atoms with van der Waals surface area (Å²) in [5.41, 5.74) is -4.08. The molecule has 0 bridgehead atoms. The van der Waals surface area contributed by atoms with Gasteiger partial charge in [-0.15, -0.1) is 0 Å². The molecule has 0 aliphatic carbocycles. The Kier molecular flexibility index (Phi) is 6.00. The number of likely N-dealkylation sites (tertiary alicyclic amines) is 1. The molecule has 9 heteroatoms. The van der Waals surface area contributed by atoms with Crippen molar-refractivity contribution in [1.29, 1.82) is 0 Å². The Hall–Kier alpha value is -2.39. The molecule has 3 rings (SSSR count). The lowest BCUT2D eigenvalue weighted by Crippen LogP contribution is -2.37. The van der Waals surface area contributed by atoms with E-state index in [1.165, 1.54) is 5.56 Å². The van der Waals surface area contributed by atoms with E-state index in [1.807, 2.05) is 30.3 Å². The van der Waals surface area contributed by atoms with Crippen molar-refractivity contribution in [3.63, 3.8) is 0 Å². The highest BCUT2D eigenvalue weighted by Gasteiger charge is 2.46. The molecule has 2 aromatic rings. The highest BCUT2D eigenvalue weighted by Crippen LogP contribution is 2.30. The molecular formula is C20H21F3N2O3S. The van der Waals surface area contributed by atoms with Crippen LogP contribution in [0.5, 0.6) is 0 Å². The van der Waals surface area contributed by atoms with E-state index in [4.69, 9.17) is 0 Å². The highest BCUT2D eigenvalue weighted by atomic mass is 32.2. The van der Waals surface area contributed by atoms with E-state index >= 15 is 0 Å². The molecule has 5 nitrogen and oxygen atoms in total. The molecular weight excluding hydrogens is 405 g/mol. The van der Waals surface area contributed by atoms with Crippen LogP contribution in [0, 0.1) is 0 Å². The van der Waals surface area contributed by atoms with E-state index in [1.54, 1.807) is 0 Å². The van der Waals surface area contributed by atoms with Crippen molar-refractivity contribution in [3.8, 4) is 0 Å². The zero-order valence-electron chi connectivity index (χ0n) is 15.7. The van der Waals surface area contributed by atoms with Crippen LogP contribution in [-0.4, -0.2) is 43.9 Å². The Morgan fingerprint density at radius 3 is 2.31 bits per heavy atom. The average molecular weight is 426 g/mol. The van der Waals surface area contributed by atoms with Crippen LogP contribution in [-0.2, 0) is 9.84 Å². The fourth-order valence-corrected chi connectivity index (χ4v) is 4.15. The van der Waals surface area contributed by atoms with Crippen LogP contribution < -0.4 is 5.32 Å². The van der Waals surface area contributed by atoms with Gasteiger partial charge in [-0.25, -0.2) is 8.42 Å². The fraction of sp³-hybridized carbons (Fsp3) is 0.350. The number of amides is 1. The lowest BCUT2D eigenvalue weighted by molar-refractivity contribution is -0.0436. The van der Waals surface area contributed by atoms with Crippen molar-refractivity contribution < 1.29 is 26.4 Å². The molecule has 156 valence electrons. The molecule has 1 amide bonds. The number of rotatable bonds is 5. The number of nitrogens with one attached hydrogen (secondary N) is 1. The number of hydrogen-bond acceptors (Lipinski definition) is 4. The number of benzene rings is 2. The first-order valence-electron chi connectivity index (χ1n) is 9.11. The van der Waals surface area contributed by atoms with E-state index in [0.717, 1.165) is 37.2 Å². The zero-order valence-corrected chi connectivity index (χ0v) is 16.5. The normalized spacial score (nSPS) is 19.1. The molecule has 0 radical (unpaired) electrons. The molecule has 1 fully saturated rings. The zero-order chi connectivity index (χ0) is 21.2. The predicted molar refractivity (Wildman–Crippen MR) is 102 cm³/mol. The van der Waals surface area contributed by atoms with Crippen molar-refractivity contribution in [1.82, 2.24) is 10.2 Å². The molecule has 0 saturated carbocycles. The smallest absolute Gasteiger partial charge is 0.348 e. The van der Waals surface area contributed by atoms with Gasteiger partial charge in [0, 0.05) is 30.7 Å². The third kappa shape index (κ3) is 4.62. The van der Waals surface area contributed by atoms with Gasteiger partial charge < -0.3 is 5.32 Å². The van der Waals surface area contributed by atoms with Crippen molar-refractivity contribution in [2.75, 3.05) is 13.1 Å². The minimum atomic E-state index is -5.42. The molecule has 0 spiro atoms. The number of halogens is 3. The van der Waals surface area contributed by atoms with Gasteiger partial charge >= 0.3 is 5.51 Å². The molecule has 2 unspecified atom stereocenters. The summed E-state index contributed by atoms with van der Waals surface area (Å²) >= 11 is 0. The van der Waals surface area contributed by atoms with E-state index in [-0.39, 0.29) is 17.6 Å². The van der Waals surface area contributed by atoms with Crippen molar-refractivity contribution in [2.24, 2.45) is 0 Å². The first-order valence-corrected chi connectivity index (χ1v) is 10.6. The summed E-state index contributed by atoms with van der Waals surface area (Å²) in [5.74, 6) is -0.444. The summed E-state index contributed by atoms with van der Waals surface area (Å²) in [7, 11) is -5.42. The molecule has 1 aliphatic heterocycles. The fourth-order valence-electron chi connectivity index (χ4n) is 3.39. The van der Waals surface area contributed by atoms with Crippen molar-refractivity contribution in [3.05, 3.63) is 65.7 Å². The first kappa shape index (κ1) is 21.3. The molecule has 0 aromatic heterocycles. The highest BCUT2D eigenvalue weighted by molar-refractivity contribution is 7.92. The van der Waals surface area contributed by atoms with Crippen LogP contribution in [0.25, 0.3) is 0 Å². The Balaban J connectivity index is 1.61. The maximum absolute atomic E-state index is 12.6. The third-order valence-corrected chi connectivity index (χ3v) is 6.62. The molecule has 2 atom stereocenters. The van der Waals surface area contributed by atoms with Crippen LogP contribution in [0.1, 0.15) is 35.3 Å². The quantitative estimate of drug-likeness (QED) is 0.794. The molecule has 1 aliphatic rings. The molecule has 1 saturated heterocycles. The number of hydrogen-bond donors (Lipinski definition) is 1. The van der Waals surface area contributed by atoms with Crippen LogP contribution in [0.15, 0.2) is 59.5 Å². The minimum absolute atomic E-state index is 0.0905. The molecule has 1 heterocycles. The Labute approximate surface area is 167 Å². The van der Waals surface area contributed by atoms with E-state index in [0.29, 0.717) is 6.54 Å². The number of nitrogens with zero attached hydrogens (tertiary/aromatic N) is 1. The Morgan fingerprint density at radius 1 is 1.10 bits per heavy atom. The summed E-state index contributed by atoms with van der Waals surface area (Å²) in [6, 6.07) is 13.9. The minimum Gasteiger partial charge on any atom is -0.348 e. The largest absolute Gasteiger partial charge is 0.501 e. The topological polar surface area (TPSA) is 66.5 Å². The number of carbonyl (C=O) groups excluding carboxylic acids is 1. The summed E-state index contributed by atoms with van der Waals surface area (Å²) in [4.78, 5) is 13.8.